The van der Waals surface area contributed by atoms with Gasteiger partial charge in [0.05, 0.1) is 6.42 Å². The van der Waals surface area contributed by atoms with Crippen molar-refractivity contribution in [1.29, 1.82) is 0 Å². The van der Waals surface area contributed by atoms with Gasteiger partial charge in [-0.1, -0.05) is 11.6 Å². The lowest BCUT2D eigenvalue weighted by atomic mass is 9.97. The molecule has 0 radical (unpaired) electrons. The topological polar surface area (TPSA) is 57.6 Å². The number of aliphatic carboxylic acids is 1. The van der Waals surface area contributed by atoms with Gasteiger partial charge in [-0.15, -0.1) is 0 Å². The molecule has 1 rings (SSSR count). The smallest absolute Gasteiger partial charge is 0.305 e. The number of rotatable bonds is 6. The van der Waals surface area contributed by atoms with Crippen molar-refractivity contribution in [2.24, 2.45) is 0 Å². The van der Waals surface area contributed by atoms with Crippen LogP contribution < -0.4 is 0 Å². The maximum Gasteiger partial charge on any atom is 0.305 e. The van der Waals surface area contributed by atoms with Gasteiger partial charge in [0.25, 0.3) is 0 Å². The van der Waals surface area contributed by atoms with Gasteiger partial charge >= 0.3 is 5.97 Å². The number of allylic oxidation sites excluding steroid dienone is 1. The molecule has 4 nitrogen and oxygen atoms in total. The molecule has 0 aromatic heterocycles. The lowest BCUT2D eigenvalue weighted by Crippen LogP contribution is -2.32. The van der Waals surface area contributed by atoms with Crippen LogP contribution in [-0.4, -0.2) is 35.0 Å². The summed E-state index contributed by atoms with van der Waals surface area (Å²) in [5.74, 6) is -0.893. The summed E-state index contributed by atoms with van der Waals surface area (Å²) >= 11 is 0. The molecule has 0 bridgehead atoms. The Labute approximate surface area is 102 Å². The third-order valence-electron chi connectivity index (χ3n) is 3.13. The Bertz CT molecular complexity index is 310. The maximum atomic E-state index is 11.3. The van der Waals surface area contributed by atoms with Crippen molar-refractivity contribution in [1.82, 2.24) is 4.90 Å². The third-order valence-corrected chi connectivity index (χ3v) is 3.13. The van der Waals surface area contributed by atoms with Gasteiger partial charge in [0, 0.05) is 20.0 Å². The molecule has 1 amide bonds. The zero-order chi connectivity index (χ0) is 12.7. The first kappa shape index (κ1) is 13.7. The van der Waals surface area contributed by atoms with Crippen LogP contribution in [0.25, 0.3) is 0 Å². The largest absolute Gasteiger partial charge is 0.481 e. The highest BCUT2D eigenvalue weighted by molar-refractivity contribution is 5.74. The summed E-state index contributed by atoms with van der Waals surface area (Å²) in [6, 6.07) is 0. The monoisotopic (exact) mass is 239 g/mol. The number of carboxylic acids is 1. The van der Waals surface area contributed by atoms with Crippen molar-refractivity contribution >= 4 is 11.9 Å². The molecule has 0 fully saturated rings. The highest BCUT2D eigenvalue weighted by atomic mass is 16.4. The zero-order valence-corrected chi connectivity index (χ0v) is 10.4. The van der Waals surface area contributed by atoms with E-state index in [1.165, 1.54) is 25.3 Å². The summed E-state index contributed by atoms with van der Waals surface area (Å²) in [6.07, 6.45) is 7.95. The van der Waals surface area contributed by atoms with Crippen LogP contribution in [0.5, 0.6) is 0 Å². The SMILES string of the molecule is CC(=O)N(CCC(=O)O)CCC1=CCCCC1. The van der Waals surface area contributed by atoms with Crippen LogP contribution in [-0.2, 0) is 9.59 Å². The Morgan fingerprint density at radius 2 is 2.12 bits per heavy atom. The summed E-state index contributed by atoms with van der Waals surface area (Å²) in [6.45, 7) is 2.46. The molecule has 0 saturated carbocycles. The second kappa shape index (κ2) is 7.09. The first-order valence-electron chi connectivity index (χ1n) is 6.25. The molecule has 96 valence electrons. The van der Waals surface area contributed by atoms with Gasteiger partial charge in [0.2, 0.25) is 5.91 Å². The van der Waals surface area contributed by atoms with Crippen LogP contribution in [0.3, 0.4) is 0 Å². The molecule has 1 aliphatic carbocycles. The highest BCUT2D eigenvalue weighted by Gasteiger charge is 2.12. The van der Waals surface area contributed by atoms with Crippen molar-refractivity contribution in [2.45, 2.75) is 45.4 Å². The van der Waals surface area contributed by atoms with E-state index in [0.29, 0.717) is 13.1 Å². The normalized spacial score (nSPS) is 15.2. The number of amides is 1. The van der Waals surface area contributed by atoms with Crippen molar-refractivity contribution in [2.75, 3.05) is 13.1 Å². The summed E-state index contributed by atoms with van der Waals surface area (Å²) in [5, 5.41) is 8.61. The quantitative estimate of drug-likeness (QED) is 0.723. The van der Waals surface area contributed by atoms with E-state index >= 15 is 0 Å². The first-order valence-corrected chi connectivity index (χ1v) is 6.25. The molecule has 0 aliphatic heterocycles. The van der Waals surface area contributed by atoms with Crippen LogP contribution in [0.1, 0.15) is 45.4 Å². The average Bonchev–Trinajstić information content (AvgIpc) is 2.29. The van der Waals surface area contributed by atoms with Crippen LogP contribution >= 0.6 is 0 Å². The van der Waals surface area contributed by atoms with Gasteiger partial charge in [0.1, 0.15) is 0 Å². The van der Waals surface area contributed by atoms with Crippen molar-refractivity contribution in [3.63, 3.8) is 0 Å². The first-order chi connectivity index (χ1) is 8.09. The Balaban J connectivity index is 2.35. The van der Waals surface area contributed by atoms with Crippen LogP contribution in [0.15, 0.2) is 11.6 Å². The van der Waals surface area contributed by atoms with E-state index in [1.54, 1.807) is 4.90 Å². The number of carboxylic acid groups (broad SMARTS) is 1. The van der Waals surface area contributed by atoms with E-state index in [1.807, 2.05) is 0 Å². The molecule has 0 spiro atoms. The van der Waals surface area contributed by atoms with Gasteiger partial charge in [-0.3, -0.25) is 9.59 Å². The standard InChI is InChI=1S/C13H21NO3/c1-11(15)14(10-8-13(16)17)9-7-12-5-3-2-4-6-12/h5H,2-4,6-10H2,1H3,(H,16,17). The highest BCUT2D eigenvalue weighted by Crippen LogP contribution is 2.20. The molecular weight excluding hydrogens is 218 g/mol. The third kappa shape index (κ3) is 5.52. The maximum absolute atomic E-state index is 11.3. The van der Waals surface area contributed by atoms with Gasteiger partial charge in [-0.25, -0.2) is 0 Å². The van der Waals surface area contributed by atoms with Gasteiger partial charge in [-0.05, 0) is 32.1 Å². The van der Waals surface area contributed by atoms with Crippen molar-refractivity contribution < 1.29 is 14.7 Å². The summed E-state index contributed by atoms with van der Waals surface area (Å²) < 4.78 is 0. The minimum atomic E-state index is -0.854. The molecule has 1 N–H and O–H groups in total. The van der Waals surface area contributed by atoms with E-state index in [9.17, 15) is 9.59 Å². The van der Waals surface area contributed by atoms with Crippen molar-refractivity contribution in [3.8, 4) is 0 Å². The Morgan fingerprint density at radius 3 is 2.65 bits per heavy atom. The molecule has 0 unspecified atom stereocenters. The van der Waals surface area contributed by atoms with E-state index in [2.05, 4.69) is 6.08 Å². The predicted octanol–water partition coefficient (Wildman–Crippen LogP) is 2.20. The van der Waals surface area contributed by atoms with E-state index in [4.69, 9.17) is 5.11 Å². The minimum Gasteiger partial charge on any atom is -0.481 e. The summed E-state index contributed by atoms with van der Waals surface area (Å²) in [5.41, 5.74) is 1.41. The minimum absolute atomic E-state index is 0.0264. The zero-order valence-electron chi connectivity index (χ0n) is 10.4. The Kier molecular flexibility index (Phi) is 5.73. The Morgan fingerprint density at radius 1 is 1.35 bits per heavy atom. The lowest BCUT2D eigenvalue weighted by Gasteiger charge is -2.22. The molecule has 0 atom stereocenters. The summed E-state index contributed by atoms with van der Waals surface area (Å²) in [7, 11) is 0. The summed E-state index contributed by atoms with van der Waals surface area (Å²) in [4.78, 5) is 23.5. The molecule has 4 heteroatoms. The van der Waals surface area contributed by atoms with Crippen LogP contribution in [0, 0.1) is 0 Å². The van der Waals surface area contributed by atoms with Gasteiger partial charge in [-0.2, -0.15) is 0 Å². The number of carbonyl (C=O) groups is 2. The van der Waals surface area contributed by atoms with Crippen molar-refractivity contribution in [3.05, 3.63) is 11.6 Å². The lowest BCUT2D eigenvalue weighted by molar-refractivity contribution is -0.138. The predicted molar refractivity (Wildman–Crippen MR) is 65.7 cm³/mol. The van der Waals surface area contributed by atoms with E-state index in [-0.39, 0.29) is 12.3 Å². The number of nitrogens with zero attached hydrogens (tertiary/aromatic N) is 1. The van der Waals surface area contributed by atoms with Gasteiger partial charge < -0.3 is 10.0 Å². The second-order valence-electron chi connectivity index (χ2n) is 4.51. The van der Waals surface area contributed by atoms with Crippen LogP contribution in [0.4, 0.5) is 0 Å². The molecule has 0 saturated heterocycles. The van der Waals surface area contributed by atoms with E-state index < -0.39 is 5.97 Å². The fraction of sp³-hybridized carbons (Fsp3) is 0.692. The molecule has 0 heterocycles. The Hall–Kier alpha value is -1.32. The van der Waals surface area contributed by atoms with Crippen LogP contribution in [0.2, 0.25) is 0 Å². The van der Waals surface area contributed by atoms with E-state index in [0.717, 1.165) is 19.3 Å². The van der Waals surface area contributed by atoms with Gasteiger partial charge in [0.15, 0.2) is 0 Å². The molecule has 1 aliphatic rings. The average molecular weight is 239 g/mol. The number of hydrogen-bond donors (Lipinski definition) is 1. The molecule has 17 heavy (non-hydrogen) atoms. The fourth-order valence-electron chi connectivity index (χ4n) is 2.07. The fourth-order valence-corrected chi connectivity index (χ4v) is 2.07. The number of carbonyl (C=O) groups excluding carboxylic acids is 1. The molecule has 0 aromatic rings. The second-order valence-corrected chi connectivity index (χ2v) is 4.51. The molecular formula is C13H21NO3. The number of hydrogen-bond acceptors (Lipinski definition) is 2. The molecule has 0 aromatic carbocycles.